The van der Waals surface area contributed by atoms with Crippen molar-refractivity contribution in [2.24, 2.45) is 0 Å². The van der Waals surface area contributed by atoms with E-state index in [0.717, 1.165) is 12.0 Å². The normalized spacial score (nSPS) is 10.5. The number of carbonyl (C=O) groups excluding carboxylic acids is 1. The first-order valence-corrected chi connectivity index (χ1v) is 8.59. The van der Waals surface area contributed by atoms with Crippen molar-refractivity contribution in [3.63, 3.8) is 0 Å². The first kappa shape index (κ1) is 18.0. The van der Waals surface area contributed by atoms with Gasteiger partial charge in [0, 0.05) is 10.6 Å². The predicted molar refractivity (Wildman–Crippen MR) is 101 cm³/mol. The van der Waals surface area contributed by atoms with Crippen LogP contribution in [0.5, 0.6) is 0 Å². The second-order valence-electron chi connectivity index (χ2n) is 5.29. The van der Waals surface area contributed by atoms with E-state index in [0.29, 0.717) is 17.3 Å². The van der Waals surface area contributed by atoms with E-state index < -0.39 is 5.91 Å². The molecule has 0 unspecified atom stereocenters. The van der Waals surface area contributed by atoms with Gasteiger partial charge in [-0.15, -0.1) is 5.10 Å². The molecule has 0 aliphatic carbocycles. The molecule has 2 heterocycles. The highest BCUT2D eigenvalue weighted by molar-refractivity contribution is 7.80. The van der Waals surface area contributed by atoms with Gasteiger partial charge >= 0.3 is 0 Å². The second-order valence-corrected chi connectivity index (χ2v) is 6.13. The highest BCUT2D eigenvalue weighted by Gasteiger charge is 2.14. The van der Waals surface area contributed by atoms with Gasteiger partial charge in [0.15, 0.2) is 10.9 Å². The third kappa shape index (κ3) is 4.44. The average Bonchev–Trinajstić information content (AvgIpc) is 3.25. The van der Waals surface area contributed by atoms with Crippen LogP contribution in [0.3, 0.4) is 0 Å². The fourth-order valence-corrected chi connectivity index (χ4v) is 2.42. The van der Waals surface area contributed by atoms with E-state index in [1.807, 2.05) is 6.92 Å². The third-order valence-corrected chi connectivity index (χ3v) is 3.74. The highest BCUT2D eigenvalue weighted by atomic mass is 35.5. The number of nitrogens with zero attached hydrogens (tertiary/aromatic N) is 4. The summed E-state index contributed by atoms with van der Waals surface area (Å²) in [5.74, 6) is 0.408. The highest BCUT2D eigenvalue weighted by Crippen LogP contribution is 2.23. The topological polar surface area (TPSA) is 97.9 Å². The van der Waals surface area contributed by atoms with Crippen molar-refractivity contribution >= 4 is 40.8 Å². The smallest absolute Gasteiger partial charge is 0.293 e. The molecule has 0 radical (unpaired) electrons. The summed E-state index contributed by atoms with van der Waals surface area (Å²) in [5, 5.41) is 17.6. The van der Waals surface area contributed by atoms with Crippen LogP contribution in [-0.4, -0.2) is 31.2 Å². The number of hydrogen-bond acceptors (Lipinski definition) is 6. The fraction of sp³-hybridized carbons (Fsp3) is 0.188. The number of thiocarbonyl (C=S) groups is 1. The molecule has 0 saturated carbocycles. The van der Waals surface area contributed by atoms with E-state index in [4.69, 9.17) is 28.2 Å². The van der Waals surface area contributed by atoms with Gasteiger partial charge in [0.2, 0.25) is 0 Å². The van der Waals surface area contributed by atoms with Crippen molar-refractivity contribution in [3.05, 3.63) is 47.2 Å². The molecule has 26 heavy (non-hydrogen) atoms. The van der Waals surface area contributed by atoms with E-state index in [-0.39, 0.29) is 16.8 Å². The first-order valence-electron chi connectivity index (χ1n) is 7.81. The summed E-state index contributed by atoms with van der Waals surface area (Å²) in [4.78, 5) is 13.7. The monoisotopic (exact) mass is 390 g/mol. The van der Waals surface area contributed by atoms with Gasteiger partial charge in [-0.25, -0.2) is 0 Å². The van der Waals surface area contributed by atoms with Crippen molar-refractivity contribution in [1.82, 2.24) is 25.5 Å². The van der Waals surface area contributed by atoms with Gasteiger partial charge in [-0.05, 0) is 60.3 Å². The van der Waals surface area contributed by atoms with Crippen LogP contribution in [0, 0.1) is 0 Å². The van der Waals surface area contributed by atoms with E-state index >= 15 is 0 Å². The van der Waals surface area contributed by atoms with E-state index in [1.54, 1.807) is 36.4 Å². The number of aryl methyl sites for hydroxylation is 1. The number of hydrogen-bond donors (Lipinski definition) is 2. The molecule has 1 aromatic carbocycles. The summed E-state index contributed by atoms with van der Waals surface area (Å²) in [7, 11) is 0. The van der Waals surface area contributed by atoms with Crippen molar-refractivity contribution in [3.8, 4) is 11.3 Å². The zero-order valence-corrected chi connectivity index (χ0v) is 15.3. The summed E-state index contributed by atoms with van der Waals surface area (Å²) in [5.41, 5.74) is 0.811. The Morgan fingerprint density at radius 1 is 1.27 bits per heavy atom. The number of tetrazole rings is 1. The number of carbonyl (C=O) groups is 1. The zero-order chi connectivity index (χ0) is 18.5. The van der Waals surface area contributed by atoms with Crippen molar-refractivity contribution in [2.45, 2.75) is 19.9 Å². The van der Waals surface area contributed by atoms with E-state index in [1.165, 1.54) is 4.80 Å². The molecular weight excluding hydrogens is 376 g/mol. The molecular formula is C16H15ClN6O2S. The van der Waals surface area contributed by atoms with Gasteiger partial charge in [-0.3, -0.25) is 15.4 Å². The summed E-state index contributed by atoms with van der Waals surface area (Å²) < 4.78 is 5.57. The molecule has 3 aromatic rings. The van der Waals surface area contributed by atoms with Crippen LogP contribution < -0.4 is 10.6 Å². The van der Waals surface area contributed by atoms with Gasteiger partial charge < -0.3 is 4.42 Å². The summed E-state index contributed by atoms with van der Waals surface area (Å²) in [6, 6.07) is 10.4. The second kappa shape index (κ2) is 8.07. The minimum Gasteiger partial charge on any atom is -0.451 e. The van der Waals surface area contributed by atoms with Gasteiger partial charge in [0.1, 0.15) is 5.76 Å². The maximum Gasteiger partial charge on any atom is 0.293 e. The van der Waals surface area contributed by atoms with Crippen LogP contribution in [0.1, 0.15) is 23.9 Å². The number of anilines is 1. The minimum atomic E-state index is -0.483. The summed E-state index contributed by atoms with van der Waals surface area (Å²) in [6.45, 7) is 2.65. The lowest BCUT2D eigenvalue weighted by Gasteiger charge is -2.04. The Kier molecular flexibility index (Phi) is 5.59. The molecule has 0 aliphatic heterocycles. The zero-order valence-electron chi connectivity index (χ0n) is 13.8. The van der Waals surface area contributed by atoms with Crippen molar-refractivity contribution in [2.75, 3.05) is 5.32 Å². The standard InChI is InChI=1S/C16H15ClN6O2S/c1-2-9-23-21-15(20-22-23)19-16(26)18-14(24)13-8-7-12(25-13)10-3-5-11(17)6-4-10/h3-8H,2,9H2,1H3,(H2,18,19,21,24,26). The van der Waals surface area contributed by atoms with Gasteiger partial charge in [0.25, 0.3) is 11.9 Å². The molecule has 2 aromatic heterocycles. The number of benzene rings is 1. The lowest BCUT2D eigenvalue weighted by molar-refractivity contribution is 0.0951. The van der Waals surface area contributed by atoms with Gasteiger partial charge in [-0.2, -0.15) is 4.80 Å². The molecule has 0 bridgehead atoms. The lowest BCUT2D eigenvalue weighted by atomic mass is 10.2. The Bertz CT molecular complexity index is 921. The molecule has 8 nitrogen and oxygen atoms in total. The Labute approximate surface area is 159 Å². The maximum atomic E-state index is 12.2. The van der Waals surface area contributed by atoms with Crippen molar-refractivity contribution in [1.29, 1.82) is 0 Å². The number of aromatic nitrogens is 4. The third-order valence-electron chi connectivity index (χ3n) is 3.29. The van der Waals surface area contributed by atoms with E-state index in [9.17, 15) is 4.79 Å². The first-order chi connectivity index (χ1) is 12.5. The van der Waals surface area contributed by atoms with Crippen LogP contribution in [0.2, 0.25) is 5.02 Å². The Balaban J connectivity index is 1.60. The number of rotatable bonds is 5. The SMILES string of the molecule is CCCn1nnc(NC(=S)NC(=O)c2ccc(-c3ccc(Cl)cc3)o2)n1. The molecule has 0 aliphatic rings. The Morgan fingerprint density at radius 3 is 2.77 bits per heavy atom. The number of nitrogens with one attached hydrogen (secondary N) is 2. The van der Waals surface area contributed by atoms with Crippen LogP contribution in [-0.2, 0) is 6.54 Å². The molecule has 0 spiro atoms. The lowest BCUT2D eigenvalue weighted by Crippen LogP contribution is -2.34. The molecule has 0 atom stereocenters. The summed E-state index contributed by atoms with van der Waals surface area (Å²) in [6.07, 6.45) is 0.880. The van der Waals surface area contributed by atoms with E-state index in [2.05, 4.69) is 26.0 Å². The molecule has 134 valence electrons. The molecule has 3 rings (SSSR count). The summed E-state index contributed by atoms with van der Waals surface area (Å²) >= 11 is 10.9. The van der Waals surface area contributed by atoms with Gasteiger partial charge in [-0.1, -0.05) is 23.6 Å². The molecule has 0 fully saturated rings. The predicted octanol–water partition coefficient (Wildman–Crippen LogP) is 3.12. The molecule has 0 saturated heterocycles. The van der Waals surface area contributed by atoms with Crippen LogP contribution in [0.25, 0.3) is 11.3 Å². The Hall–Kier alpha value is -2.78. The number of halogens is 1. The van der Waals surface area contributed by atoms with Crippen molar-refractivity contribution < 1.29 is 9.21 Å². The fourth-order valence-electron chi connectivity index (χ4n) is 2.11. The minimum absolute atomic E-state index is 0.0514. The number of amides is 1. The Morgan fingerprint density at radius 2 is 2.04 bits per heavy atom. The van der Waals surface area contributed by atoms with Gasteiger partial charge in [0.05, 0.1) is 6.54 Å². The van der Waals surface area contributed by atoms with Crippen LogP contribution in [0.4, 0.5) is 5.95 Å². The molecule has 1 amide bonds. The largest absolute Gasteiger partial charge is 0.451 e. The quantitative estimate of drug-likeness (QED) is 0.646. The average molecular weight is 391 g/mol. The van der Waals surface area contributed by atoms with Crippen LogP contribution >= 0.6 is 23.8 Å². The molecule has 2 N–H and O–H groups in total. The van der Waals surface area contributed by atoms with Crippen LogP contribution in [0.15, 0.2) is 40.8 Å². The maximum absolute atomic E-state index is 12.2. The number of furan rings is 1. The molecule has 10 heteroatoms.